The highest BCUT2D eigenvalue weighted by Gasteiger charge is 2.43. The van der Waals surface area contributed by atoms with E-state index in [4.69, 9.17) is 26.3 Å². The molecule has 0 N–H and O–H groups in total. The summed E-state index contributed by atoms with van der Waals surface area (Å²) in [6, 6.07) is 49.0. The van der Waals surface area contributed by atoms with Crippen LogP contribution < -0.4 is 0 Å². The van der Waals surface area contributed by atoms with E-state index >= 15 is 4.79 Å². The highest BCUT2D eigenvalue weighted by Crippen LogP contribution is 2.42. The Kier molecular flexibility index (Phi) is 13.8. The van der Waals surface area contributed by atoms with E-state index in [1.807, 2.05) is 92.8 Å². The molecule has 1 saturated heterocycles. The zero-order chi connectivity index (χ0) is 46.5. The molecule has 2 aromatic heterocycles. The van der Waals surface area contributed by atoms with Crippen LogP contribution in [0, 0.1) is 0 Å². The van der Waals surface area contributed by atoms with Gasteiger partial charge in [0.1, 0.15) is 17.2 Å². The molecule has 2 aliphatic rings. The Balaban J connectivity index is 1.04. The summed E-state index contributed by atoms with van der Waals surface area (Å²) >= 11 is 10.3. The first-order valence-corrected chi connectivity index (χ1v) is 24.3. The third kappa shape index (κ3) is 9.98. The topological polar surface area (TPSA) is 83.8 Å². The minimum Gasteiger partial charge on any atom is -0.444 e. The maximum absolute atomic E-state index is 15.5. The van der Waals surface area contributed by atoms with Gasteiger partial charge in [-0.15, -0.1) is 0 Å². The number of rotatable bonds is 12. The molecular formula is C56H56BrClN6O3. The molecule has 5 aromatic carbocycles. The standard InChI is InChI=1S/C56H56BrClN6O3/c1-55(2,3)67-54(66)64-32-31-61(52-49-29-28-47(58)34-41(49)26-27-42-33-46(57)35-59-51(42)52)38-50(64)53(65)62(36-40-17-8-4-9-18-40)30-16-25-48-37-63(39-60-48)56(43-19-10-5-11-20-43,44-21-12-6-13-22-44)45-23-14-7-15-24-45/h4-15,17-24,28-29,33-35,37,39,50,52H,16,25-27,30-32,36,38H2,1-3H3/t50-,52?/m1/s1. The summed E-state index contributed by atoms with van der Waals surface area (Å²) in [5.74, 6) is -0.130. The van der Waals surface area contributed by atoms with Crippen molar-refractivity contribution >= 4 is 39.5 Å². The summed E-state index contributed by atoms with van der Waals surface area (Å²) in [6.07, 6.45) is 8.35. The number of pyridine rings is 1. The number of nitrogens with zero attached hydrogens (tertiary/aromatic N) is 6. The van der Waals surface area contributed by atoms with E-state index in [1.165, 1.54) is 0 Å². The molecule has 7 aromatic rings. The lowest BCUT2D eigenvalue weighted by Gasteiger charge is -2.45. The molecule has 1 aliphatic carbocycles. The number of hydrogen-bond acceptors (Lipinski definition) is 6. The van der Waals surface area contributed by atoms with E-state index < -0.39 is 23.3 Å². The van der Waals surface area contributed by atoms with Crippen LogP contribution in [0.5, 0.6) is 0 Å². The number of hydrogen-bond donors (Lipinski definition) is 0. The Labute approximate surface area is 407 Å². The molecule has 0 radical (unpaired) electrons. The molecule has 67 heavy (non-hydrogen) atoms. The van der Waals surface area contributed by atoms with Crippen molar-refractivity contribution in [2.75, 3.05) is 26.2 Å². The van der Waals surface area contributed by atoms with Crippen molar-refractivity contribution in [3.63, 3.8) is 0 Å². The number of aryl methyl sites for hydroxylation is 3. The third-order valence-corrected chi connectivity index (χ3v) is 13.6. The molecule has 11 heteroatoms. The van der Waals surface area contributed by atoms with Crippen molar-refractivity contribution in [1.29, 1.82) is 0 Å². The normalized spacial score (nSPS) is 16.4. The second-order valence-electron chi connectivity index (χ2n) is 18.6. The van der Waals surface area contributed by atoms with Gasteiger partial charge >= 0.3 is 6.09 Å². The summed E-state index contributed by atoms with van der Waals surface area (Å²) in [6.45, 7) is 7.53. The maximum atomic E-state index is 15.5. The molecular weight excluding hydrogens is 920 g/mol. The molecule has 1 unspecified atom stereocenters. The van der Waals surface area contributed by atoms with Gasteiger partial charge in [0.2, 0.25) is 5.91 Å². The van der Waals surface area contributed by atoms with Crippen LogP contribution in [-0.4, -0.2) is 79.1 Å². The van der Waals surface area contributed by atoms with E-state index in [0.29, 0.717) is 44.0 Å². The van der Waals surface area contributed by atoms with Crippen LogP contribution >= 0.6 is 27.5 Å². The lowest BCUT2D eigenvalue weighted by atomic mass is 9.77. The second kappa shape index (κ2) is 20.0. The lowest BCUT2D eigenvalue weighted by molar-refractivity contribution is -0.140. The quantitative estimate of drug-likeness (QED) is 0.113. The van der Waals surface area contributed by atoms with Crippen molar-refractivity contribution in [3.8, 4) is 0 Å². The smallest absolute Gasteiger partial charge is 0.411 e. The molecule has 9 nitrogen and oxygen atoms in total. The molecule has 3 heterocycles. The number of benzene rings is 5. The molecule has 0 spiro atoms. The Hall–Kier alpha value is -6.07. The minimum absolute atomic E-state index is 0.130. The predicted molar refractivity (Wildman–Crippen MR) is 268 cm³/mol. The van der Waals surface area contributed by atoms with Crippen molar-refractivity contribution in [2.45, 2.75) is 76.2 Å². The first-order valence-electron chi connectivity index (χ1n) is 23.2. The molecule has 9 rings (SSSR count). The predicted octanol–water partition coefficient (Wildman–Crippen LogP) is 11.3. The van der Waals surface area contributed by atoms with E-state index in [2.05, 4.69) is 123 Å². The fourth-order valence-corrected chi connectivity index (χ4v) is 10.5. The SMILES string of the molecule is CC(C)(C)OC(=O)N1CCN(C2c3ccc(Cl)cc3CCc3cc(Br)cnc32)C[C@@H]1C(=O)N(CCCc1cn(C(c2ccccc2)(c2ccccc2)c2ccccc2)cn1)Cc1ccccc1. The van der Waals surface area contributed by atoms with Crippen molar-refractivity contribution in [1.82, 2.24) is 29.2 Å². The summed E-state index contributed by atoms with van der Waals surface area (Å²) in [5, 5.41) is 0.687. The zero-order valence-corrected chi connectivity index (χ0v) is 40.6. The largest absolute Gasteiger partial charge is 0.444 e. The molecule has 1 aliphatic heterocycles. The highest BCUT2D eigenvalue weighted by atomic mass is 79.9. The molecule has 2 atom stereocenters. The van der Waals surface area contributed by atoms with E-state index in [-0.39, 0.29) is 18.5 Å². The minimum atomic E-state index is -0.826. The van der Waals surface area contributed by atoms with Crippen LogP contribution in [0.3, 0.4) is 0 Å². The average molecular weight is 976 g/mol. The van der Waals surface area contributed by atoms with E-state index in [9.17, 15) is 4.79 Å². The van der Waals surface area contributed by atoms with Crippen LogP contribution in [0.4, 0.5) is 4.79 Å². The van der Waals surface area contributed by atoms with Gasteiger partial charge in [0, 0.05) is 54.6 Å². The first-order chi connectivity index (χ1) is 32.5. The lowest BCUT2D eigenvalue weighted by Crippen LogP contribution is -2.62. The summed E-state index contributed by atoms with van der Waals surface area (Å²) in [5.41, 5.74) is 8.24. The monoisotopic (exact) mass is 974 g/mol. The summed E-state index contributed by atoms with van der Waals surface area (Å²) in [7, 11) is 0. The number of amides is 2. The van der Waals surface area contributed by atoms with Crippen LogP contribution in [0.2, 0.25) is 5.02 Å². The van der Waals surface area contributed by atoms with Gasteiger partial charge in [-0.1, -0.05) is 139 Å². The Morgan fingerprint density at radius 1 is 0.776 bits per heavy atom. The van der Waals surface area contributed by atoms with Crippen LogP contribution in [0.15, 0.2) is 169 Å². The van der Waals surface area contributed by atoms with Gasteiger partial charge in [0.15, 0.2) is 0 Å². The van der Waals surface area contributed by atoms with Crippen LogP contribution in [0.1, 0.15) is 83.6 Å². The van der Waals surface area contributed by atoms with Gasteiger partial charge in [-0.2, -0.15) is 0 Å². The Morgan fingerprint density at radius 2 is 1.39 bits per heavy atom. The first kappa shape index (κ1) is 46.1. The zero-order valence-electron chi connectivity index (χ0n) is 38.3. The molecule has 0 bridgehead atoms. The second-order valence-corrected chi connectivity index (χ2v) is 19.9. The number of piperazine rings is 1. The molecule has 2 amide bonds. The third-order valence-electron chi connectivity index (χ3n) is 13.0. The fourth-order valence-electron chi connectivity index (χ4n) is 9.97. The van der Waals surface area contributed by atoms with Gasteiger partial charge in [0.25, 0.3) is 0 Å². The number of aromatic nitrogens is 3. The number of halogens is 2. The van der Waals surface area contributed by atoms with Gasteiger partial charge in [-0.25, -0.2) is 9.78 Å². The highest BCUT2D eigenvalue weighted by molar-refractivity contribution is 9.10. The average Bonchev–Trinajstić information content (AvgIpc) is 3.75. The molecule has 1 fully saturated rings. The number of carbonyl (C=O) groups excluding carboxylic acids is 2. The fraction of sp³-hybridized carbons (Fsp3) is 0.286. The Bertz CT molecular complexity index is 2650. The molecule has 0 saturated carbocycles. The summed E-state index contributed by atoms with van der Waals surface area (Å²) < 4.78 is 9.17. The number of imidazole rings is 1. The number of carbonyl (C=O) groups is 2. The Morgan fingerprint density at radius 3 is 2.01 bits per heavy atom. The number of fused-ring (bicyclic) bond motifs is 2. The van der Waals surface area contributed by atoms with Crippen molar-refractivity contribution in [3.05, 3.63) is 224 Å². The van der Waals surface area contributed by atoms with Crippen molar-refractivity contribution < 1.29 is 14.3 Å². The van der Waals surface area contributed by atoms with Crippen LogP contribution in [-0.2, 0) is 40.9 Å². The van der Waals surface area contributed by atoms with E-state index in [1.54, 1.807) is 4.90 Å². The van der Waals surface area contributed by atoms with Crippen LogP contribution in [0.25, 0.3) is 0 Å². The number of ether oxygens (including phenoxy) is 1. The van der Waals surface area contributed by atoms with Gasteiger partial charge in [-0.3, -0.25) is 19.6 Å². The van der Waals surface area contributed by atoms with E-state index in [0.717, 1.165) is 67.6 Å². The van der Waals surface area contributed by atoms with Gasteiger partial charge in [0.05, 0.1) is 23.8 Å². The molecule has 342 valence electrons. The van der Waals surface area contributed by atoms with Crippen molar-refractivity contribution in [2.24, 2.45) is 0 Å². The maximum Gasteiger partial charge on any atom is 0.411 e. The van der Waals surface area contributed by atoms with Gasteiger partial charge < -0.3 is 14.2 Å². The van der Waals surface area contributed by atoms with Gasteiger partial charge in [-0.05, 0) is 120 Å². The summed E-state index contributed by atoms with van der Waals surface area (Å²) in [4.78, 5) is 45.6.